The first-order valence-corrected chi connectivity index (χ1v) is 7.61. The van der Waals surface area contributed by atoms with Gasteiger partial charge in [-0.3, -0.25) is 4.79 Å². The topological polar surface area (TPSA) is 53.2 Å². The monoisotopic (exact) mass is 273 g/mol. The Morgan fingerprint density at radius 3 is 1.95 bits per heavy atom. The van der Waals surface area contributed by atoms with Crippen molar-refractivity contribution in [1.29, 1.82) is 0 Å². The molecule has 3 N–H and O–H groups in total. The molecule has 4 heteroatoms. The number of rotatable bonds is 11. The molecule has 0 atom stereocenters. The minimum Gasteiger partial charge on any atom is -0.359 e. The van der Waals surface area contributed by atoms with Crippen LogP contribution >= 0.6 is 0 Å². The lowest BCUT2D eigenvalue weighted by Crippen LogP contribution is -2.32. The zero-order chi connectivity index (χ0) is 14.9. The molecular formula is C15H35N3O. The Balaban J connectivity index is 0. The number of carbonyl (C=O) groups is 1. The standard InChI is InChI=1S/C11H25N3O.C4H10/c1-11(2)14-9-8-12-6-4-3-5-7-13-10-15;1-4(2)3/h10-12,14H,3-9H2,1-2H3,(H,13,15);4H,1-3H3. The van der Waals surface area contributed by atoms with Crippen molar-refractivity contribution in [2.24, 2.45) is 5.92 Å². The predicted octanol–water partition coefficient (Wildman–Crippen LogP) is 2.15. The molecule has 0 aromatic heterocycles. The average molecular weight is 273 g/mol. The van der Waals surface area contributed by atoms with Crippen LogP contribution in [-0.4, -0.2) is 38.6 Å². The third-order valence-corrected chi connectivity index (χ3v) is 2.11. The molecule has 0 saturated heterocycles. The highest BCUT2D eigenvalue weighted by Gasteiger charge is 1.92. The second kappa shape index (κ2) is 17.4. The van der Waals surface area contributed by atoms with E-state index < -0.39 is 0 Å². The van der Waals surface area contributed by atoms with E-state index in [0.29, 0.717) is 6.04 Å². The van der Waals surface area contributed by atoms with E-state index in [9.17, 15) is 4.79 Å². The Morgan fingerprint density at radius 2 is 1.42 bits per heavy atom. The summed E-state index contributed by atoms with van der Waals surface area (Å²) in [6.45, 7) is 14.7. The second-order valence-corrected chi connectivity index (χ2v) is 5.72. The zero-order valence-electron chi connectivity index (χ0n) is 13.6. The van der Waals surface area contributed by atoms with Crippen LogP contribution in [-0.2, 0) is 4.79 Å². The number of hydrogen-bond acceptors (Lipinski definition) is 3. The van der Waals surface area contributed by atoms with Gasteiger partial charge in [-0.15, -0.1) is 0 Å². The summed E-state index contributed by atoms with van der Waals surface area (Å²) in [5.41, 5.74) is 0. The van der Waals surface area contributed by atoms with Crippen LogP contribution in [0, 0.1) is 5.92 Å². The molecule has 19 heavy (non-hydrogen) atoms. The molecule has 0 aliphatic carbocycles. The van der Waals surface area contributed by atoms with Crippen molar-refractivity contribution < 1.29 is 4.79 Å². The van der Waals surface area contributed by atoms with Crippen molar-refractivity contribution in [2.45, 2.75) is 59.9 Å². The molecule has 0 rings (SSSR count). The average Bonchev–Trinajstić information content (AvgIpc) is 2.30. The second-order valence-electron chi connectivity index (χ2n) is 5.72. The van der Waals surface area contributed by atoms with Crippen molar-refractivity contribution in [3.8, 4) is 0 Å². The number of nitrogens with one attached hydrogen (secondary N) is 3. The van der Waals surface area contributed by atoms with Crippen LogP contribution in [0.1, 0.15) is 53.9 Å². The highest BCUT2D eigenvalue weighted by atomic mass is 16.1. The molecule has 0 heterocycles. The van der Waals surface area contributed by atoms with Gasteiger partial charge < -0.3 is 16.0 Å². The first-order valence-electron chi connectivity index (χ1n) is 7.61. The lowest BCUT2D eigenvalue weighted by atomic mass is 10.2. The van der Waals surface area contributed by atoms with Gasteiger partial charge in [0.25, 0.3) is 0 Å². The van der Waals surface area contributed by atoms with E-state index in [1.54, 1.807) is 0 Å². The molecule has 1 amide bonds. The molecule has 0 aliphatic rings. The molecule has 0 spiro atoms. The van der Waals surface area contributed by atoms with E-state index in [1.165, 1.54) is 12.8 Å². The maximum absolute atomic E-state index is 9.94. The van der Waals surface area contributed by atoms with Crippen molar-refractivity contribution in [1.82, 2.24) is 16.0 Å². The van der Waals surface area contributed by atoms with Gasteiger partial charge in [0.1, 0.15) is 0 Å². The minimum atomic E-state index is 0.571. The molecule has 0 bridgehead atoms. The smallest absolute Gasteiger partial charge is 0.207 e. The van der Waals surface area contributed by atoms with E-state index in [4.69, 9.17) is 0 Å². The van der Waals surface area contributed by atoms with E-state index in [2.05, 4.69) is 50.6 Å². The summed E-state index contributed by atoms with van der Waals surface area (Å²) in [6.07, 6.45) is 4.19. The van der Waals surface area contributed by atoms with Gasteiger partial charge in [0, 0.05) is 25.7 Å². The lowest BCUT2D eigenvalue weighted by Gasteiger charge is -2.08. The molecule has 0 aromatic carbocycles. The van der Waals surface area contributed by atoms with Gasteiger partial charge in [0.15, 0.2) is 0 Å². The van der Waals surface area contributed by atoms with Gasteiger partial charge in [0.05, 0.1) is 0 Å². The maximum Gasteiger partial charge on any atom is 0.207 e. The lowest BCUT2D eigenvalue weighted by molar-refractivity contribution is -0.109. The number of unbranched alkanes of at least 4 members (excludes halogenated alkanes) is 2. The SMILES string of the molecule is CC(C)C.CC(C)NCCNCCCCCNC=O. The molecule has 0 fully saturated rings. The summed E-state index contributed by atoms with van der Waals surface area (Å²) in [6, 6.07) is 0.571. The van der Waals surface area contributed by atoms with Crippen LogP contribution in [0.15, 0.2) is 0 Å². The predicted molar refractivity (Wildman–Crippen MR) is 84.4 cm³/mol. The third kappa shape index (κ3) is 31.7. The number of hydrogen-bond donors (Lipinski definition) is 3. The normalized spacial score (nSPS) is 10.3. The number of carbonyl (C=O) groups excluding carboxylic acids is 1. The van der Waals surface area contributed by atoms with Crippen LogP contribution in [0.5, 0.6) is 0 Å². The summed E-state index contributed by atoms with van der Waals surface area (Å²) in [4.78, 5) is 9.94. The summed E-state index contributed by atoms with van der Waals surface area (Å²) < 4.78 is 0. The van der Waals surface area contributed by atoms with Gasteiger partial charge in [-0.25, -0.2) is 0 Å². The van der Waals surface area contributed by atoms with Gasteiger partial charge in [-0.1, -0.05) is 41.0 Å². The summed E-state index contributed by atoms with van der Waals surface area (Å²) in [5.74, 6) is 0.833. The van der Waals surface area contributed by atoms with Crippen LogP contribution in [0.4, 0.5) is 0 Å². The highest BCUT2D eigenvalue weighted by molar-refractivity contribution is 5.45. The fourth-order valence-corrected chi connectivity index (χ4v) is 1.29. The van der Waals surface area contributed by atoms with Gasteiger partial charge in [0.2, 0.25) is 6.41 Å². The van der Waals surface area contributed by atoms with E-state index >= 15 is 0 Å². The minimum absolute atomic E-state index is 0.571. The Hall–Kier alpha value is -0.610. The molecule has 4 nitrogen and oxygen atoms in total. The molecule has 0 aliphatic heterocycles. The summed E-state index contributed by atoms with van der Waals surface area (Å²) in [5, 5.41) is 9.39. The summed E-state index contributed by atoms with van der Waals surface area (Å²) >= 11 is 0. The fraction of sp³-hybridized carbons (Fsp3) is 0.933. The quantitative estimate of drug-likeness (QED) is 0.399. The Kier molecular flexibility index (Phi) is 18.9. The summed E-state index contributed by atoms with van der Waals surface area (Å²) in [7, 11) is 0. The van der Waals surface area contributed by atoms with Crippen LogP contribution in [0.25, 0.3) is 0 Å². The van der Waals surface area contributed by atoms with Crippen LogP contribution in [0.2, 0.25) is 0 Å². The first-order chi connectivity index (χ1) is 9.00. The van der Waals surface area contributed by atoms with Gasteiger partial charge in [-0.2, -0.15) is 0 Å². The van der Waals surface area contributed by atoms with Crippen LogP contribution in [0.3, 0.4) is 0 Å². The molecule has 0 aromatic rings. The largest absolute Gasteiger partial charge is 0.359 e. The van der Waals surface area contributed by atoms with Crippen molar-refractivity contribution in [3.63, 3.8) is 0 Å². The van der Waals surface area contributed by atoms with E-state index in [-0.39, 0.29) is 0 Å². The molecule has 0 unspecified atom stereocenters. The number of amides is 1. The van der Waals surface area contributed by atoms with Crippen LogP contribution < -0.4 is 16.0 Å². The van der Waals surface area contributed by atoms with Gasteiger partial charge >= 0.3 is 0 Å². The van der Waals surface area contributed by atoms with E-state index in [1.807, 2.05) is 0 Å². The van der Waals surface area contributed by atoms with Crippen molar-refractivity contribution >= 4 is 6.41 Å². The van der Waals surface area contributed by atoms with Crippen molar-refractivity contribution in [2.75, 3.05) is 26.2 Å². The highest BCUT2D eigenvalue weighted by Crippen LogP contribution is 1.91. The Labute approximate surface area is 120 Å². The Morgan fingerprint density at radius 1 is 0.842 bits per heavy atom. The maximum atomic E-state index is 9.94. The molecule has 0 saturated carbocycles. The van der Waals surface area contributed by atoms with E-state index in [0.717, 1.165) is 44.9 Å². The van der Waals surface area contributed by atoms with Crippen molar-refractivity contribution in [3.05, 3.63) is 0 Å². The van der Waals surface area contributed by atoms with Gasteiger partial charge in [-0.05, 0) is 25.3 Å². The Bertz CT molecular complexity index is 170. The molecule has 116 valence electrons. The molecular weight excluding hydrogens is 238 g/mol. The fourth-order valence-electron chi connectivity index (χ4n) is 1.29. The first kappa shape index (κ1) is 20.7. The molecule has 0 radical (unpaired) electrons. The third-order valence-electron chi connectivity index (χ3n) is 2.11. The zero-order valence-corrected chi connectivity index (χ0v) is 13.6.